The Morgan fingerprint density at radius 2 is 1.73 bits per heavy atom. The maximum Gasteiger partial charge on any atom is 0.332 e. The zero-order valence-corrected chi connectivity index (χ0v) is 22.8. The number of amides is 3. The van der Waals surface area contributed by atoms with E-state index in [0.717, 1.165) is 16.5 Å². The molecule has 0 aliphatic carbocycles. The van der Waals surface area contributed by atoms with Gasteiger partial charge in [0.05, 0.1) is 23.9 Å². The SMILES string of the molecule is C[C@@H]1NC(=O)[C@H](C)OC(=O)COCOC/C=C/c2ccc3ccc(nc3c2)[C@@H](C)NC(=O)[C@@H]2CCCN(N2)C1=O. The molecule has 0 spiro atoms. The number of nitrogens with zero attached hydrogens (tertiary/aromatic N) is 2. The summed E-state index contributed by atoms with van der Waals surface area (Å²) < 4.78 is 15.6. The molecule has 1 saturated heterocycles. The summed E-state index contributed by atoms with van der Waals surface area (Å²) >= 11 is 0. The second-order valence-corrected chi connectivity index (χ2v) is 9.83. The zero-order chi connectivity index (χ0) is 28.6. The second kappa shape index (κ2) is 13.5. The van der Waals surface area contributed by atoms with Crippen LogP contribution < -0.4 is 16.1 Å². The van der Waals surface area contributed by atoms with E-state index >= 15 is 0 Å². The fourth-order valence-corrected chi connectivity index (χ4v) is 4.41. The molecule has 4 atom stereocenters. The Hall–Kier alpha value is -3.87. The van der Waals surface area contributed by atoms with Crippen LogP contribution in [0.4, 0.5) is 0 Å². The molecule has 0 unspecified atom stereocenters. The van der Waals surface area contributed by atoms with Crippen LogP contribution in [0.2, 0.25) is 0 Å². The van der Waals surface area contributed by atoms with Crippen molar-refractivity contribution in [3.63, 3.8) is 0 Å². The Morgan fingerprint density at radius 3 is 2.55 bits per heavy atom. The standard InChI is InChI=1S/C28H35N5O7/c1-17-22-11-10-21-9-8-20(14-24(21)31-22)6-5-13-38-16-39-15-25(34)40-19(3)26(35)30-18(2)28(37)33-12-4-7-23(32-33)27(36)29-17/h5-6,8-11,14,17-19,23,32H,4,7,12-13,15-16H2,1-3H3,(H,29,36)(H,30,35)/b6-5+/t17-,18+,19+,23+/m1/s1. The summed E-state index contributed by atoms with van der Waals surface area (Å²) in [6.07, 6.45) is 3.71. The van der Waals surface area contributed by atoms with Gasteiger partial charge in [0.15, 0.2) is 6.10 Å². The van der Waals surface area contributed by atoms with Crippen molar-refractivity contribution in [2.24, 2.45) is 0 Å². The van der Waals surface area contributed by atoms with Gasteiger partial charge >= 0.3 is 5.97 Å². The molecular formula is C28H35N5O7. The van der Waals surface area contributed by atoms with E-state index in [4.69, 9.17) is 19.2 Å². The topological polar surface area (TPSA) is 148 Å². The summed E-state index contributed by atoms with van der Waals surface area (Å²) in [7, 11) is 0. The summed E-state index contributed by atoms with van der Waals surface area (Å²) in [5.74, 6) is -2.04. The number of nitrogens with one attached hydrogen (secondary N) is 3. The number of carbonyl (C=O) groups is 4. The quantitative estimate of drug-likeness (QED) is 0.411. The van der Waals surface area contributed by atoms with Crippen molar-refractivity contribution in [2.75, 3.05) is 26.6 Å². The molecule has 4 rings (SSSR count). The van der Waals surface area contributed by atoms with Gasteiger partial charge in [-0.3, -0.25) is 24.4 Å². The molecule has 2 aliphatic rings. The first-order valence-corrected chi connectivity index (χ1v) is 13.3. The average Bonchev–Trinajstić information content (AvgIpc) is 2.95. The Balaban J connectivity index is 1.52. The summed E-state index contributed by atoms with van der Waals surface area (Å²) in [6.45, 7) is 4.89. The van der Waals surface area contributed by atoms with Gasteiger partial charge in [-0.2, -0.15) is 0 Å². The lowest BCUT2D eigenvalue weighted by molar-refractivity contribution is -0.163. The smallest absolute Gasteiger partial charge is 0.332 e. The predicted octanol–water partition coefficient (Wildman–Crippen LogP) is 1.36. The number of ether oxygens (including phenoxy) is 3. The fourth-order valence-electron chi connectivity index (χ4n) is 4.41. The number of esters is 1. The van der Waals surface area contributed by atoms with Crippen LogP contribution in [0.25, 0.3) is 17.0 Å². The molecule has 1 aromatic heterocycles. The molecule has 12 nitrogen and oxygen atoms in total. The molecule has 3 N–H and O–H groups in total. The molecule has 3 amide bonds. The van der Waals surface area contributed by atoms with Crippen LogP contribution in [0.5, 0.6) is 0 Å². The first-order valence-electron chi connectivity index (χ1n) is 13.3. The van der Waals surface area contributed by atoms with Gasteiger partial charge in [0.2, 0.25) is 5.91 Å². The number of hydrazine groups is 1. The number of aromatic nitrogens is 1. The molecule has 3 heterocycles. The zero-order valence-electron chi connectivity index (χ0n) is 22.8. The minimum atomic E-state index is -1.14. The van der Waals surface area contributed by atoms with E-state index in [2.05, 4.69) is 16.1 Å². The first-order chi connectivity index (χ1) is 19.2. The summed E-state index contributed by atoms with van der Waals surface area (Å²) in [5, 5.41) is 7.86. The highest BCUT2D eigenvalue weighted by atomic mass is 16.7. The van der Waals surface area contributed by atoms with Crippen LogP contribution in [0.3, 0.4) is 0 Å². The number of pyridine rings is 1. The highest BCUT2D eigenvalue weighted by Gasteiger charge is 2.32. The largest absolute Gasteiger partial charge is 0.451 e. The third-order valence-corrected chi connectivity index (χ3v) is 6.63. The van der Waals surface area contributed by atoms with Gasteiger partial charge in [-0.1, -0.05) is 30.4 Å². The van der Waals surface area contributed by atoms with Crippen LogP contribution in [0.1, 0.15) is 50.9 Å². The molecule has 1 fully saturated rings. The van der Waals surface area contributed by atoms with Gasteiger partial charge in [0.1, 0.15) is 25.5 Å². The van der Waals surface area contributed by atoms with Gasteiger partial charge in [-0.15, -0.1) is 0 Å². The number of fused-ring (bicyclic) bond motifs is 4. The molecular weight excluding hydrogens is 518 g/mol. The second-order valence-electron chi connectivity index (χ2n) is 9.83. The van der Waals surface area contributed by atoms with Crippen LogP contribution in [0, 0.1) is 0 Å². The van der Waals surface area contributed by atoms with Crippen LogP contribution in [-0.4, -0.2) is 78.4 Å². The lowest BCUT2D eigenvalue weighted by atomic mass is 10.1. The van der Waals surface area contributed by atoms with Gasteiger partial charge in [0.25, 0.3) is 11.8 Å². The summed E-state index contributed by atoms with van der Waals surface area (Å²) in [4.78, 5) is 55.4. The molecule has 2 aliphatic heterocycles. The third-order valence-electron chi connectivity index (χ3n) is 6.63. The van der Waals surface area contributed by atoms with Crippen LogP contribution >= 0.6 is 0 Å². The van der Waals surface area contributed by atoms with E-state index in [1.165, 1.54) is 18.9 Å². The van der Waals surface area contributed by atoms with Crippen molar-refractivity contribution in [3.05, 3.63) is 47.7 Å². The minimum Gasteiger partial charge on any atom is -0.451 e. The summed E-state index contributed by atoms with van der Waals surface area (Å²) in [6, 6.07) is 7.81. The van der Waals surface area contributed by atoms with Gasteiger partial charge < -0.3 is 24.8 Å². The minimum absolute atomic E-state index is 0.137. The monoisotopic (exact) mass is 553 g/mol. The summed E-state index contributed by atoms with van der Waals surface area (Å²) in [5.41, 5.74) is 5.40. The molecule has 40 heavy (non-hydrogen) atoms. The van der Waals surface area contributed by atoms with Crippen LogP contribution in [0.15, 0.2) is 36.4 Å². The average molecular weight is 554 g/mol. The van der Waals surface area contributed by atoms with E-state index in [0.29, 0.717) is 25.1 Å². The Bertz CT molecular complexity index is 1280. The van der Waals surface area contributed by atoms with Crippen molar-refractivity contribution >= 4 is 40.7 Å². The van der Waals surface area contributed by atoms with Gasteiger partial charge in [-0.05, 0) is 51.3 Å². The molecule has 0 radical (unpaired) electrons. The highest BCUT2D eigenvalue weighted by molar-refractivity contribution is 5.90. The molecule has 214 valence electrons. The number of hydrogen-bond donors (Lipinski definition) is 3. The molecule has 1 aromatic carbocycles. The molecule has 12 heteroatoms. The highest BCUT2D eigenvalue weighted by Crippen LogP contribution is 2.20. The van der Waals surface area contributed by atoms with Gasteiger partial charge in [0, 0.05) is 11.9 Å². The first kappa shape index (κ1) is 29.1. The maximum absolute atomic E-state index is 13.1. The number of rotatable bonds is 0. The van der Waals surface area contributed by atoms with E-state index < -0.39 is 42.6 Å². The lowest BCUT2D eigenvalue weighted by Gasteiger charge is -2.35. The Morgan fingerprint density at radius 1 is 0.950 bits per heavy atom. The van der Waals surface area contributed by atoms with Gasteiger partial charge in [-0.25, -0.2) is 10.2 Å². The number of carbonyl (C=O) groups excluding carboxylic acids is 4. The molecule has 0 saturated carbocycles. The van der Waals surface area contributed by atoms with Crippen LogP contribution in [-0.2, 0) is 33.4 Å². The Labute approximate surface area is 232 Å². The number of hydrogen-bond acceptors (Lipinski definition) is 9. The normalized spacial score (nSPS) is 26.9. The van der Waals surface area contributed by atoms with Crippen molar-refractivity contribution in [1.82, 2.24) is 26.1 Å². The van der Waals surface area contributed by atoms with E-state index in [1.54, 1.807) is 0 Å². The number of cyclic esters (lactones) is 1. The fraction of sp³-hybridized carbons (Fsp3) is 0.464. The molecule has 5 bridgehead atoms. The van der Waals surface area contributed by atoms with Crippen molar-refractivity contribution < 1.29 is 33.4 Å². The van der Waals surface area contributed by atoms with Crippen molar-refractivity contribution in [1.29, 1.82) is 0 Å². The number of benzene rings is 1. The van der Waals surface area contributed by atoms with Crippen molar-refractivity contribution in [3.8, 4) is 0 Å². The van der Waals surface area contributed by atoms with E-state index in [1.807, 2.05) is 49.4 Å². The lowest BCUT2D eigenvalue weighted by Crippen LogP contribution is -2.61. The van der Waals surface area contributed by atoms with E-state index in [-0.39, 0.29) is 25.3 Å². The molecule has 2 aromatic rings. The predicted molar refractivity (Wildman–Crippen MR) is 145 cm³/mol. The van der Waals surface area contributed by atoms with E-state index in [9.17, 15) is 19.2 Å². The van der Waals surface area contributed by atoms with Crippen molar-refractivity contribution in [2.45, 2.75) is 57.8 Å². The Kier molecular flexibility index (Phi) is 9.80. The maximum atomic E-state index is 13.1. The third kappa shape index (κ3) is 7.62.